The number of ether oxygens (including phenoxy) is 2. The molecule has 1 aromatic heterocycles. The lowest BCUT2D eigenvalue weighted by Crippen LogP contribution is -2.10. The van der Waals surface area contributed by atoms with Gasteiger partial charge >= 0.3 is 0 Å². The monoisotopic (exact) mass is 286 g/mol. The van der Waals surface area contributed by atoms with Crippen molar-refractivity contribution in [1.29, 1.82) is 0 Å². The second-order valence-corrected chi connectivity index (χ2v) is 4.80. The lowest BCUT2D eigenvalue weighted by Gasteiger charge is -2.11. The van der Waals surface area contributed by atoms with Crippen molar-refractivity contribution in [3.8, 4) is 11.5 Å². The first-order chi connectivity index (χ1) is 10.3. The van der Waals surface area contributed by atoms with Crippen molar-refractivity contribution in [1.82, 2.24) is 4.98 Å². The largest absolute Gasteiger partial charge is 0.493 e. The summed E-state index contributed by atoms with van der Waals surface area (Å²) in [4.78, 5) is 4.47. The summed E-state index contributed by atoms with van der Waals surface area (Å²) >= 11 is 0. The minimum Gasteiger partial charge on any atom is -0.493 e. The van der Waals surface area contributed by atoms with Gasteiger partial charge in [0.2, 0.25) is 0 Å². The maximum atomic E-state index is 5.78. The van der Waals surface area contributed by atoms with Gasteiger partial charge in [-0.25, -0.2) is 0 Å². The highest BCUT2D eigenvalue weighted by molar-refractivity contribution is 5.29. The van der Waals surface area contributed by atoms with Gasteiger partial charge in [0, 0.05) is 18.5 Å². The summed E-state index contributed by atoms with van der Waals surface area (Å²) in [6, 6.07) is 13.7. The Morgan fingerprint density at radius 1 is 1.00 bits per heavy atom. The van der Waals surface area contributed by atoms with Crippen molar-refractivity contribution in [2.24, 2.45) is 5.73 Å². The van der Waals surface area contributed by atoms with Gasteiger partial charge in [0.25, 0.3) is 0 Å². The Hall–Kier alpha value is -2.07. The maximum Gasteiger partial charge on any atom is 0.140 e. The number of aryl methyl sites for hydroxylation is 1. The molecule has 2 N–H and O–H groups in total. The van der Waals surface area contributed by atoms with E-state index in [0.29, 0.717) is 19.8 Å². The van der Waals surface area contributed by atoms with Gasteiger partial charge < -0.3 is 15.2 Å². The van der Waals surface area contributed by atoms with Crippen LogP contribution in [0.15, 0.2) is 42.5 Å². The standard InChI is InChI=1S/C17H22N2O2/c1-14-8-9-17(16(19-14)10-11-18)21-13-5-12-20-15-6-3-2-4-7-15/h2-4,6-9H,5,10-13,18H2,1H3. The predicted molar refractivity (Wildman–Crippen MR) is 83.8 cm³/mol. The van der Waals surface area contributed by atoms with Crippen molar-refractivity contribution in [2.45, 2.75) is 19.8 Å². The van der Waals surface area contributed by atoms with Gasteiger partial charge in [-0.1, -0.05) is 18.2 Å². The molecule has 0 unspecified atom stereocenters. The van der Waals surface area contributed by atoms with Crippen molar-refractivity contribution in [3.05, 3.63) is 53.9 Å². The van der Waals surface area contributed by atoms with Gasteiger partial charge in [0.05, 0.1) is 18.9 Å². The molecule has 0 spiro atoms. The molecule has 0 saturated carbocycles. The van der Waals surface area contributed by atoms with Crippen molar-refractivity contribution in [3.63, 3.8) is 0 Å². The summed E-state index contributed by atoms with van der Waals surface area (Å²) in [5.74, 6) is 1.71. The quantitative estimate of drug-likeness (QED) is 0.758. The third kappa shape index (κ3) is 5.08. The SMILES string of the molecule is Cc1ccc(OCCCOc2ccccc2)c(CCN)n1. The summed E-state index contributed by atoms with van der Waals surface area (Å²) in [5, 5.41) is 0. The Morgan fingerprint density at radius 2 is 1.76 bits per heavy atom. The summed E-state index contributed by atoms with van der Waals surface area (Å²) in [6.45, 7) is 3.78. The van der Waals surface area contributed by atoms with Gasteiger partial charge in [-0.2, -0.15) is 0 Å². The van der Waals surface area contributed by atoms with Crippen LogP contribution in [0.3, 0.4) is 0 Å². The van der Waals surface area contributed by atoms with Crippen LogP contribution in [-0.2, 0) is 6.42 Å². The van der Waals surface area contributed by atoms with Crippen LogP contribution in [0.4, 0.5) is 0 Å². The van der Waals surface area contributed by atoms with E-state index >= 15 is 0 Å². The van der Waals surface area contributed by atoms with E-state index in [4.69, 9.17) is 15.2 Å². The molecule has 1 heterocycles. The maximum absolute atomic E-state index is 5.78. The second kappa shape index (κ2) is 8.27. The van der Waals surface area contributed by atoms with E-state index in [-0.39, 0.29) is 0 Å². The Labute approximate surface area is 125 Å². The fraction of sp³-hybridized carbons (Fsp3) is 0.353. The van der Waals surface area contributed by atoms with E-state index < -0.39 is 0 Å². The summed E-state index contributed by atoms with van der Waals surface area (Å²) in [6.07, 6.45) is 1.56. The molecule has 1 aromatic carbocycles. The molecular formula is C17H22N2O2. The molecule has 4 nitrogen and oxygen atoms in total. The molecule has 0 amide bonds. The Kier molecular flexibility index (Phi) is 6.03. The van der Waals surface area contributed by atoms with Crippen LogP contribution >= 0.6 is 0 Å². The Morgan fingerprint density at radius 3 is 2.52 bits per heavy atom. The van der Waals surface area contributed by atoms with Crippen LogP contribution in [0.2, 0.25) is 0 Å². The molecule has 2 aromatic rings. The summed E-state index contributed by atoms with van der Waals surface area (Å²) < 4.78 is 11.4. The highest BCUT2D eigenvalue weighted by Gasteiger charge is 2.05. The molecule has 21 heavy (non-hydrogen) atoms. The molecule has 0 radical (unpaired) electrons. The first-order valence-electron chi connectivity index (χ1n) is 7.27. The number of rotatable bonds is 8. The average molecular weight is 286 g/mol. The number of aromatic nitrogens is 1. The molecule has 0 aliphatic carbocycles. The first-order valence-corrected chi connectivity index (χ1v) is 7.27. The molecule has 0 atom stereocenters. The van der Waals surface area contributed by atoms with E-state index in [0.717, 1.165) is 35.7 Å². The van der Waals surface area contributed by atoms with Crippen molar-refractivity contribution < 1.29 is 9.47 Å². The molecule has 112 valence electrons. The van der Waals surface area contributed by atoms with Crippen LogP contribution in [-0.4, -0.2) is 24.7 Å². The average Bonchev–Trinajstić information content (AvgIpc) is 2.50. The Balaban J connectivity index is 1.75. The zero-order chi connectivity index (χ0) is 14.9. The van der Waals surface area contributed by atoms with Crippen molar-refractivity contribution in [2.75, 3.05) is 19.8 Å². The third-order valence-corrected chi connectivity index (χ3v) is 3.01. The van der Waals surface area contributed by atoms with Crippen LogP contribution in [0.5, 0.6) is 11.5 Å². The normalized spacial score (nSPS) is 10.4. The van der Waals surface area contributed by atoms with Gasteiger partial charge in [-0.3, -0.25) is 4.98 Å². The van der Waals surface area contributed by atoms with E-state index in [9.17, 15) is 0 Å². The van der Waals surface area contributed by atoms with E-state index in [1.807, 2.05) is 49.4 Å². The second-order valence-electron chi connectivity index (χ2n) is 4.80. The van der Waals surface area contributed by atoms with Crippen LogP contribution < -0.4 is 15.2 Å². The molecule has 0 aliphatic rings. The number of benzene rings is 1. The number of nitrogens with two attached hydrogens (primary N) is 1. The smallest absolute Gasteiger partial charge is 0.140 e. The molecule has 0 bridgehead atoms. The van der Waals surface area contributed by atoms with E-state index in [1.165, 1.54) is 0 Å². The highest BCUT2D eigenvalue weighted by Crippen LogP contribution is 2.17. The topological polar surface area (TPSA) is 57.4 Å². The number of nitrogens with zero attached hydrogens (tertiary/aromatic N) is 1. The molecule has 0 saturated heterocycles. The molecule has 0 aliphatic heterocycles. The zero-order valence-electron chi connectivity index (χ0n) is 12.4. The molecular weight excluding hydrogens is 264 g/mol. The van der Waals surface area contributed by atoms with Gasteiger partial charge in [0.1, 0.15) is 11.5 Å². The first kappa shape index (κ1) is 15.3. The van der Waals surface area contributed by atoms with Gasteiger partial charge in [-0.15, -0.1) is 0 Å². The minimum atomic E-state index is 0.573. The van der Waals surface area contributed by atoms with E-state index in [1.54, 1.807) is 0 Å². The van der Waals surface area contributed by atoms with Crippen LogP contribution in [0, 0.1) is 6.92 Å². The van der Waals surface area contributed by atoms with E-state index in [2.05, 4.69) is 4.98 Å². The summed E-state index contributed by atoms with van der Waals surface area (Å²) in [7, 11) is 0. The number of hydrogen-bond acceptors (Lipinski definition) is 4. The number of pyridine rings is 1. The molecule has 0 fully saturated rings. The number of para-hydroxylation sites is 1. The molecule has 2 rings (SSSR count). The van der Waals surface area contributed by atoms with Crippen LogP contribution in [0.25, 0.3) is 0 Å². The van der Waals surface area contributed by atoms with Gasteiger partial charge in [0.15, 0.2) is 0 Å². The fourth-order valence-electron chi connectivity index (χ4n) is 1.99. The minimum absolute atomic E-state index is 0.573. The predicted octanol–water partition coefficient (Wildman–Crippen LogP) is 2.74. The Bertz CT molecular complexity index is 544. The zero-order valence-corrected chi connectivity index (χ0v) is 12.4. The molecule has 4 heteroatoms. The lowest BCUT2D eigenvalue weighted by molar-refractivity contribution is 0.245. The highest BCUT2D eigenvalue weighted by atomic mass is 16.5. The third-order valence-electron chi connectivity index (χ3n) is 3.01. The van der Waals surface area contributed by atoms with Crippen LogP contribution in [0.1, 0.15) is 17.8 Å². The van der Waals surface area contributed by atoms with Crippen molar-refractivity contribution >= 4 is 0 Å². The lowest BCUT2D eigenvalue weighted by atomic mass is 10.2. The fourth-order valence-corrected chi connectivity index (χ4v) is 1.99. The summed E-state index contributed by atoms with van der Waals surface area (Å²) in [5.41, 5.74) is 7.52. The van der Waals surface area contributed by atoms with Gasteiger partial charge in [-0.05, 0) is 37.7 Å². The number of hydrogen-bond donors (Lipinski definition) is 1.